The van der Waals surface area contributed by atoms with Crippen molar-refractivity contribution in [2.75, 3.05) is 11.9 Å². The number of rotatable bonds is 5. The lowest BCUT2D eigenvalue weighted by molar-refractivity contribution is 0.341. The molecule has 0 fully saturated rings. The van der Waals surface area contributed by atoms with Crippen molar-refractivity contribution in [3.05, 3.63) is 46.8 Å². The fraction of sp³-hybridized carbons (Fsp3) is 0.353. The van der Waals surface area contributed by atoms with E-state index in [1.807, 2.05) is 50.6 Å². The van der Waals surface area contributed by atoms with Gasteiger partial charge >= 0.3 is 0 Å². The van der Waals surface area contributed by atoms with E-state index in [2.05, 4.69) is 17.5 Å². The normalized spacial score (nSPS) is 10.2. The molecule has 1 heterocycles. The molecule has 0 radical (unpaired) electrons. The van der Waals surface area contributed by atoms with Crippen LogP contribution in [0.1, 0.15) is 29.4 Å². The summed E-state index contributed by atoms with van der Waals surface area (Å²) in [4.78, 5) is 0. The third-order valence-electron chi connectivity index (χ3n) is 3.66. The number of nitrogens with zero attached hydrogens (tertiary/aromatic N) is 2. The van der Waals surface area contributed by atoms with Crippen LogP contribution in [0.5, 0.6) is 5.75 Å². The fourth-order valence-electron chi connectivity index (χ4n) is 2.29. The van der Waals surface area contributed by atoms with Gasteiger partial charge in [-0.2, -0.15) is 5.26 Å². The van der Waals surface area contributed by atoms with Gasteiger partial charge in [-0.05, 0) is 50.1 Å². The first-order valence-electron chi connectivity index (χ1n) is 7.09. The molecule has 0 aliphatic carbocycles. The topological polar surface area (TPSA) is 50.0 Å². The molecular formula is C17H21N3O. The molecule has 4 heteroatoms. The van der Waals surface area contributed by atoms with E-state index in [4.69, 9.17) is 10.00 Å². The Morgan fingerprint density at radius 2 is 2.05 bits per heavy atom. The van der Waals surface area contributed by atoms with E-state index in [1.54, 1.807) is 0 Å². The molecule has 0 saturated heterocycles. The maximum atomic E-state index is 9.07. The number of ether oxygens (including phenoxy) is 1. The van der Waals surface area contributed by atoms with Gasteiger partial charge in [0.25, 0.3) is 0 Å². The first-order valence-corrected chi connectivity index (χ1v) is 7.09. The highest BCUT2D eigenvalue weighted by Crippen LogP contribution is 2.27. The summed E-state index contributed by atoms with van der Waals surface area (Å²) in [5.74, 6) is 0.867. The molecule has 4 nitrogen and oxygen atoms in total. The van der Waals surface area contributed by atoms with Crippen LogP contribution < -0.4 is 10.1 Å². The number of anilines is 1. The molecule has 21 heavy (non-hydrogen) atoms. The van der Waals surface area contributed by atoms with Crippen molar-refractivity contribution in [2.45, 2.75) is 27.3 Å². The zero-order valence-electron chi connectivity index (χ0n) is 13.0. The number of hydrogen-bond donors (Lipinski definition) is 1. The zero-order chi connectivity index (χ0) is 15.4. The van der Waals surface area contributed by atoms with E-state index in [0.29, 0.717) is 18.8 Å². The lowest BCUT2D eigenvalue weighted by Gasteiger charge is -2.13. The van der Waals surface area contributed by atoms with Crippen LogP contribution in [-0.4, -0.2) is 11.2 Å². The predicted molar refractivity (Wildman–Crippen MR) is 84.5 cm³/mol. The van der Waals surface area contributed by atoms with Crippen molar-refractivity contribution < 1.29 is 4.74 Å². The monoisotopic (exact) mass is 283 g/mol. The first-order chi connectivity index (χ1) is 10.1. The van der Waals surface area contributed by atoms with Gasteiger partial charge in [-0.3, -0.25) is 0 Å². The van der Waals surface area contributed by atoms with Crippen molar-refractivity contribution >= 4 is 5.69 Å². The smallest absolute Gasteiger partial charge is 0.142 e. The van der Waals surface area contributed by atoms with Crippen molar-refractivity contribution in [3.63, 3.8) is 0 Å². The third kappa shape index (κ3) is 3.19. The lowest BCUT2D eigenvalue weighted by atomic mass is 10.2. The molecule has 0 atom stereocenters. The minimum atomic E-state index is 0.640. The minimum Gasteiger partial charge on any atom is -0.492 e. The van der Waals surface area contributed by atoms with Crippen LogP contribution in [0.3, 0.4) is 0 Å². The van der Waals surface area contributed by atoms with Gasteiger partial charge in [0.15, 0.2) is 0 Å². The van der Waals surface area contributed by atoms with E-state index in [1.165, 1.54) is 5.56 Å². The van der Waals surface area contributed by atoms with Crippen LogP contribution in [-0.2, 0) is 13.6 Å². The molecule has 2 rings (SSSR count). The van der Waals surface area contributed by atoms with E-state index in [9.17, 15) is 0 Å². The van der Waals surface area contributed by atoms with Crippen LogP contribution in [0.4, 0.5) is 5.69 Å². The van der Waals surface area contributed by atoms with Crippen molar-refractivity contribution in [3.8, 4) is 11.8 Å². The number of nitrogens with one attached hydrogen (secondary N) is 1. The number of benzene rings is 1. The van der Waals surface area contributed by atoms with Gasteiger partial charge in [0.05, 0.1) is 12.3 Å². The van der Waals surface area contributed by atoms with E-state index in [0.717, 1.165) is 22.7 Å². The van der Waals surface area contributed by atoms with Gasteiger partial charge in [-0.15, -0.1) is 0 Å². The first kappa shape index (κ1) is 15.0. The minimum absolute atomic E-state index is 0.640. The number of hydrogen-bond acceptors (Lipinski definition) is 3. The second kappa shape index (κ2) is 6.36. The second-order valence-electron chi connectivity index (χ2n) is 5.10. The maximum Gasteiger partial charge on any atom is 0.142 e. The Kier molecular flexibility index (Phi) is 4.54. The zero-order valence-corrected chi connectivity index (χ0v) is 13.0. The Bertz CT molecular complexity index is 680. The van der Waals surface area contributed by atoms with Gasteiger partial charge in [0, 0.05) is 19.3 Å². The molecule has 1 aromatic heterocycles. The molecule has 0 aliphatic rings. The van der Waals surface area contributed by atoms with Crippen molar-refractivity contribution in [1.29, 1.82) is 5.26 Å². The summed E-state index contributed by atoms with van der Waals surface area (Å²) >= 11 is 0. The molecule has 0 unspecified atom stereocenters. The quantitative estimate of drug-likeness (QED) is 0.913. The highest BCUT2D eigenvalue weighted by atomic mass is 16.5. The average molecular weight is 283 g/mol. The Hall–Kier alpha value is -2.41. The maximum absolute atomic E-state index is 9.07. The molecule has 0 bridgehead atoms. The van der Waals surface area contributed by atoms with Crippen LogP contribution in [0, 0.1) is 25.2 Å². The van der Waals surface area contributed by atoms with Crippen LogP contribution >= 0.6 is 0 Å². The van der Waals surface area contributed by atoms with Crippen LogP contribution in [0.15, 0.2) is 24.3 Å². The van der Waals surface area contributed by atoms with Crippen molar-refractivity contribution in [2.24, 2.45) is 7.05 Å². The summed E-state index contributed by atoms with van der Waals surface area (Å²) in [5.41, 5.74) is 5.05. The Balaban J connectivity index is 2.19. The third-order valence-corrected chi connectivity index (χ3v) is 3.66. The summed E-state index contributed by atoms with van der Waals surface area (Å²) in [5, 5.41) is 12.5. The molecule has 1 N–H and O–H groups in total. The van der Waals surface area contributed by atoms with Crippen molar-refractivity contribution in [1.82, 2.24) is 4.57 Å². The van der Waals surface area contributed by atoms with Gasteiger partial charge in [-0.25, -0.2) is 0 Å². The molecule has 0 amide bonds. The van der Waals surface area contributed by atoms with Gasteiger partial charge in [0.2, 0.25) is 0 Å². The summed E-state index contributed by atoms with van der Waals surface area (Å²) in [6.07, 6.45) is 0. The highest BCUT2D eigenvalue weighted by Gasteiger charge is 2.09. The molecule has 0 spiro atoms. The number of nitriles is 1. The standard InChI is InChI=1S/C17H21N3O/c1-5-21-17-8-12(2)6-7-16(17)19-11-14-9-15(10-18)20(4)13(14)3/h6-9,19H,5,11H2,1-4H3. The number of aryl methyl sites for hydroxylation is 1. The van der Waals surface area contributed by atoms with Gasteiger partial charge < -0.3 is 14.6 Å². The molecule has 2 aromatic rings. The Morgan fingerprint density at radius 1 is 1.29 bits per heavy atom. The SMILES string of the molecule is CCOc1cc(C)ccc1NCc1cc(C#N)n(C)c1C. The summed E-state index contributed by atoms with van der Waals surface area (Å²) < 4.78 is 7.58. The summed E-state index contributed by atoms with van der Waals surface area (Å²) in [6, 6.07) is 10.3. The van der Waals surface area contributed by atoms with E-state index in [-0.39, 0.29) is 0 Å². The Labute approximate surface area is 126 Å². The summed E-state index contributed by atoms with van der Waals surface area (Å²) in [7, 11) is 1.91. The largest absolute Gasteiger partial charge is 0.492 e. The van der Waals surface area contributed by atoms with E-state index >= 15 is 0 Å². The lowest BCUT2D eigenvalue weighted by Crippen LogP contribution is -2.04. The molecule has 0 saturated carbocycles. The van der Waals surface area contributed by atoms with Gasteiger partial charge in [-0.1, -0.05) is 6.07 Å². The summed E-state index contributed by atoms with van der Waals surface area (Å²) in [6.45, 7) is 7.36. The number of aromatic nitrogens is 1. The average Bonchev–Trinajstić information content (AvgIpc) is 2.74. The van der Waals surface area contributed by atoms with Crippen LogP contribution in [0.2, 0.25) is 0 Å². The van der Waals surface area contributed by atoms with E-state index < -0.39 is 0 Å². The fourth-order valence-corrected chi connectivity index (χ4v) is 2.29. The molecule has 110 valence electrons. The molecular weight excluding hydrogens is 262 g/mol. The molecule has 0 aliphatic heterocycles. The molecule has 1 aromatic carbocycles. The predicted octanol–water partition coefficient (Wildman–Crippen LogP) is 3.52. The van der Waals surface area contributed by atoms with Gasteiger partial charge in [0.1, 0.15) is 17.5 Å². The second-order valence-corrected chi connectivity index (χ2v) is 5.10. The Morgan fingerprint density at radius 3 is 2.67 bits per heavy atom. The van der Waals surface area contributed by atoms with Crippen LogP contribution in [0.25, 0.3) is 0 Å². The highest BCUT2D eigenvalue weighted by molar-refractivity contribution is 5.58.